The second kappa shape index (κ2) is 11.2. The van der Waals surface area contributed by atoms with Gasteiger partial charge in [-0.3, -0.25) is 14.5 Å². The summed E-state index contributed by atoms with van der Waals surface area (Å²) in [6.07, 6.45) is 0. The minimum atomic E-state index is -1.06. The molecule has 1 N–H and O–H groups in total. The minimum absolute atomic E-state index is 0.114. The van der Waals surface area contributed by atoms with Crippen molar-refractivity contribution in [3.8, 4) is 28.7 Å². The van der Waals surface area contributed by atoms with Crippen LogP contribution in [0.1, 0.15) is 22.7 Å². The number of carbonyl (C=O) groups is 2. The van der Waals surface area contributed by atoms with E-state index in [9.17, 15) is 14.7 Å². The number of aliphatic hydroxyl groups excluding tert-OH is 1. The van der Waals surface area contributed by atoms with Crippen LogP contribution in [0.2, 0.25) is 5.02 Å². The van der Waals surface area contributed by atoms with Crippen LogP contribution in [-0.2, 0) is 9.59 Å². The van der Waals surface area contributed by atoms with Crippen molar-refractivity contribution >= 4 is 34.7 Å². The van der Waals surface area contributed by atoms with Crippen molar-refractivity contribution < 1.29 is 38.4 Å². The zero-order chi connectivity index (χ0) is 28.4. The highest BCUT2D eigenvalue weighted by atomic mass is 35.5. The van der Waals surface area contributed by atoms with Crippen LogP contribution in [-0.4, -0.2) is 52.3 Å². The third-order valence-corrected chi connectivity index (χ3v) is 6.85. The molecule has 10 heteroatoms. The van der Waals surface area contributed by atoms with Crippen LogP contribution in [0, 0.1) is 6.92 Å². The molecule has 1 amide bonds. The fourth-order valence-corrected chi connectivity index (χ4v) is 4.92. The molecule has 1 fully saturated rings. The smallest absolute Gasteiger partial charge is 0.300 e. The summed E-state index contributed by atoms with van der Waals surface area (Å²) in [5, 5.41) is 11.8. The Labute approximate surface area is 231 Å². The first kappa shape index (κ1) is 27.7. The fourth-order valence-electron chi connectivity index (χ4n) is 4.68. The van der Waals surface area contributed by atoms with Crippen LogP contribution in [0.3, 0.4) is 0 Å². The van der Waals surface area contributed by atoms with Crippen molar-refractivity contribution in [2.75, 3.05) is 40.4 Å². The average Bonchev–Trinajstić information content (AvgIpc) is 3.21. The van der Waals surface area contributed by atoms with Crippen LogP contribution in [0.4, 0.5) is 5.69 Å². The Hall–Kier alpha value is -4.37. The molecule has 1 saturated heterocycles. The van der Waals surface area contributed by atoms with Gasteiger partial charge in [0.25, 0.3) is 11.7 Å². The second-order valence-electron chi connectivity index (χ2n) is 8.60. The molecule has 0 aromatic heterocycles. The van der Waals surface area contributed by atoms with E-state index < -0.39 is 23.5 Å². The number of para-hydroxylation sites is 1. The summed E-state index contributed by atoms with van der Waals surface area (Å²) < 4.78 is 27.2. The molecule has 1 aliphatic heterocycles. The molecule has 1 atom stereocenters. The number of ketones is 1. The number of aryl methyl sites for hydroxylation is 1. The van der Waals surface area contributed by atoms with Gasteiger partial charge in [0.1, 0.15) is 17.3 Å². The van der Waals surface area contributed by atoms with E-state index in [-0.39, 0.29) is 21.9 Å². The SMILES string of the molecule is COc1cc(OC)c(/C(O)=C2\C(=O)C(=O)N(c3ccccc3C)C2c2cc(OC)c(OC)c(OC)c2)cc1Cl. The van der Waals surface area contributed by atoms with Gasteiger partial charge in [0, 0.05) is 11.8 Å². The van der Waals surface area contributed by atoms with Gasteiger partial charge in [-0.2, -0.15) is 0 Å². The van der Waals surface area contributed by atoms with Crippen molar-refractivity contribution in [2.45, 2.75) is 13.0 Å². The molecule has 1 heterocycles. The molecule has 9 nitrogen and oxygen atoms in total. The summed E-state index contributed by atoms with van der Waals surface area (Å²) in [5.74, 6) is -0.706. The lowest BCUT2D eigenvalue weighted by atomic mass is 9.94. The van der Waals surface area contributed by atoms with Crippen LogP contribution < -0.4 is 28.6 Å². The molecule has 4 rings (SSSR count). The number of carbonyl (C=O) groups excluding carboxylic acids is 2. The first-order valence-corrected chi connectivity index (χ1v) is 12.2. The number of anilines is 1. The molecule has 0 aliphatic carbocycles. The monoisotopic (exact) mass is 553 g/mol. The number of methoxy groups -OCH3 is 5. The summed E-state index contributed by atoms with van der Waals surface area (Å²) in [6, 6.07) is 12.3. The molecule has 1 unspecified atom stereocenters. The molecule has 39 heavy (non-hydrogen) atoms. The van der Waals surface area contributed by atoms with Gasteiger partial charge in [0.15, 0.2) is 11.5 Å². The van der Waals surface area contributed by atoms with Gasteiger partial charge in [0.05, 0.1) is 57.8 Å². The van der Waals surface area contributed by atoms with Crippen molar-refractivity contribution in [1.29, 1.82) is 0 Å². The summed E-state index contributed by atoms with van der Waals surface area (Å²) in [4.78, 5) is 28.6. The van der Waals surface area contributed by atoms with Crippen LogP contribution in [0.5, 0.6) is 28.7 Å². The number of hydrogen-bond donors (Lipinski definition) is 1. The summed E-state index contributed by atoms with van der Waals surface area (Å²) in [6.45, 7) is 1.83. The van der Waals surface area contributed by atoms with Crippen molar-refractivity contribution in [3.63, 3.8) is 0 Å². The van der Waals surface area contributed by atoms with E-state index in [1.54, 1.807) is 24.3 Å². The Morgan fingerprint density at radius 2 is 1.41 bits per heavy atom. The van der Waals surface area contributed by atoms with Gasteiger partial charge < -0.3 is 28.8 Å². The van der Waals surface area contributed by atoms with E-state index in [1.165, 1.54) is 52.6 Å². The predicted molar refractivity (Wildman–Crippen MR) is 147 cm³/mol. The van der Waals surface area contributed by atoms with E-state index in [0.29, 0.717) is 34.2 Å². The van der Waals surface area contributed by atoms with E-state index in [0.717, 1.165) is 5.56 Å². The van der Waals surface area contributed by atoms with Gasteiger partial charge in [-0.1, -0.05) is 29.8 Å². The van der Waals surface area contributed by atoms with E-state index in [1.807, 2.05) is 19.1 Å². The third kappa shape index (κ3) is 4.70. The number of rotatable bonds is 8. The highest BCUT2D eigenvalue weighted by molar-refractivity contribution is 6.52. The van der Waals surface area contributed by atoms with Gasteiger partial charge in [-0.05, 0) is 42.3 Å². The minimum Gasteiger partial charge on any atom is -0.507 e. The normalized spacial score (nSPS) is 16.3. The maximum absolute atomic E-state index is 13.6. The zero-order valence-electron chi connectivity index (χ0n) is 22.3. The second-order valence-corrected chi connectivity index (χ2v) is 9.01. The molecule has 1 aliphatic rings. The standard InChI is InChI=1S/C29H28ClNO8/c1-15-9-7-8-10-19(15)31-25(16-11-22(37-4)28(39-6)23(12-16)38-5)24(27(33)29(31)34)26(32)17-13-18(30)21(36-3)14-20(17)35-2/h7-14,25,32H,1-6H3/b26-24+. The topological polar surface area (TPSA) is 104 Å². The van der Waals surface area contributed by atoms with Crippen molar-refractivity contribution in [3.05, 3.63) is 75.8 Å². The third-order valence-electron chi connectivity index (χ3n) is 6.55. The summed E-state index contributed by atoms with van der Waals surface area (Å²) in [5.41, 5.74) is 1.63. The lowest BCUT2D eigenvalue weighted by Gasteiger charge is -2.28. The number of Topliss-reactive ketones (excluding diaryl/α,β-unsaturated/α-hetero) is 1. The summed E-state index contributed by atoms with van der Waals surface area (Å²) in [7, 11) is 7.24. The Kier molecular flexibility index (Phi) is 7.92. The molecule has 3 aromatic carbocycles. The molecule has 0 radical (unpaired) electrons. The lowest BCUT2D eigenvalue weighted by Crippen LogP contribution is -2.30. The maximum Gasteiger partial charge on any atom is 0.300 e. The maximum atomic E-state index is 13.6. The number of hydrogen-bond acceptors (Lipinski definition) is 8. The highest BCUT2D eigenvalue weighted by Gasteiger charge is 2.48. The molecular formula is C29H28ClNO8. The number of nitrogens with zero attached hydrogens (tertiary/aromatic N) is 1. The largest absolute Gasteiger partial charge is 0.507 e. The lowest BCUT2D eigenvalue weighted by molar-refractivity contribution is -0.132. The van der Waals surface area contributed by atoms with Gasteiger partial charge in [-0.25, -0.2) is 0 Å². The van der Waals surface area contributed by atoms with Gasteiger partial charge in [-0.15, -0.1) is 0 Å². The van der Waals surface area contributed by atoms with E-state index in [4.69, 9.17) is 35.3 Å². The van der Waals surface area contributed by atoms with E-state index >= 15 is 0 Å². The first-order chi connectivity index (χ1) is 18.7. The van der Waals surface area contributed by atoms with Gasteiger partial charge in [0.2, 0.25) is 5.75 Å². The Morgan fingerprint density at radius 1 is 0.821 bits per heavy atom. The molecular weight excluding hydrogens is 526 g/mol. The van der Waals surface area contributed by atoms with Crippen molar-refractivity contribution in [1.82, 2.24) is 0 Å². The molecule has 0 spiro atoms. The number of ether oxygens (including phenoxy) is 5. The average molecular weight is 554 g/mol. The van der Waals surface area contributed by atoms with Crippen LogP contribution in [0.15, 0.2) is 54.1 Å². The Balaban J connectivity index is 2.08. The molecule has 0 saturated carbocycles. The molecule has 0 bridgehead atoms. The molecule has 204 valence electrons. The summed E-state index contributed by atoms with van der Waals surface area (Å²) >= 11 is 6.36. The quantitative estimate of drug-likeness (QED) is 0.227. The van der Waals surface area contributed by atoms with Crippen molar-refractivity contribution in [2.24, 2.45) is 0 Å². The van der Waals surface area contributed by atoms with E-state index in [2.05, 4.69) is 0 Å². The number of benzene rings is 3. The zero-order valence-corrected chi connectivity index (χ0v) is 23.1. The Bertz CT molecular complexity index is 1460. The number of amides is 1. The van der Waals surface area contributed by atoms with Crippen LogP contribution >= 0.6 is 11.6 Å². The van der Waals surface area contributed by atoms with Gasteiger partial charge >= 0.3 is 0 Å². The number of aliphatic hydroxyl groups is 1. The highest BCUT2D eigenvalue weighted by Crippen LogP contribution is 2.48. The van der Waals surface area contributed by atoms with Crippen LogP contribution in [0.25, 0.3) is 5.76 Å². The number of halogens is 1. The first-order valence-electron chi connectivity index (χ1n) is 11.8. The fraction of sp³-hybridized carbons (Fsp3) is 0.241. The Morgan fingerprint density at radius 3 is 1.95 bits per heavy atom. The predicted octanol–water partition coefficient (Wildman–Crippen LogP) is 5.32. The molecule has 3 aromatic rings.